The highest BCUT2D eigenvalue weighted by molar-refractivity contribution is 9.10. The molecular weight excluding hydrogens is 400 g/mol. The van der Waals surface area contributed by atoms with E-state index >= 15 is 0 Å². The summed E-state index contributed by atoms with van der Waals surface area (Å²) >= 11 is 3.29. The maximum atomic E-state index is 12.2. The molecular formula is C19H25BrN2O4. The van der Waals surface area contributed by atoms with E-state index in [4.69, 9.17) is 4.74 Å². The van der Waals surface area contributed by atoms with Crippen LogP contribution in [0, 0.1) is 5.92 Å². The van der Waals surface area contributed by atoms with Crippen molar-refractivity contribution in [1.29, 1.82) is 0 Å². The number of hydrogen-bond acceptors (Lipinski definition) is 4. The van der Waals surface area contributed by atoms with Crippen molar-refractivity contribution in [1.82, 2.24) is 10.6 Å². The molecule has 0 unspecified atom stereocenters. The minimum absolute atomic E-state index is 0.134. The Morgan fingerprint density at radius 3 is 2.50 bits per heavy atom. The summed E-state index contributed by atoms with van der Waals surface area (Å²) in [6, 6.07) is 6.91. The molecule has 0 spiro atoms. The Balaban J connectivity index is 1.74. The fraction of sp³-hybridized carbons (Fsp3) is 0.526. The van der Waals surface area contributed by atoms with Crippen LogP contribution in [0.5, 0.6) is 0 Å². The van der Waals surface area contributed by atoms with Gasteiger partial charge in [-0.25, -0.2) is 0 Å². The number of carbonyl (C=O) groups is 3. The molecule has 6 nitrogen and oxygen atoms in total. The molecule has 1 saturated carbocycles. The lowest BCUT2D eigenvalue weighted by molar-refractivity contribution is -0.154. The highest BCUT2D eigenvalue weighted by Crippen LogP contribution is 2.23. The molecule has 0 bridgehead atoms. The van der Waals surface area contributed by atoms with Crippen LogP contribution in [0.15, 0.2) is 28.7 Å². The molecule has 1 fully saturated rings. The molecule has 1 aliphatic carbocycles. The number of rotatable bonds is 6. The van der Waals surface area contributed by atoms with Crippen LogP contribution in [0.3, 0.4) is 0 Å². The number of halogens is 1. The average molecular weight is 425 g/mol. The van der Waals surface area contributed by atoms with Crippen LogP contribution in [0.1, 0.15) is 49.9 Å². The minimum atomic E-state index is -0.888. The van der Waals surface area contributed by atoms with Crippen molar-refractivity contribution in [3.8, 4) is 0 Å². The molecule has 1 aromatic rings. The third-order valence-electron chi connectivity index (χ3n) is 4.62. The van der Waals surface area contributed by atoms with Crippen molar-refractivity contribution in [3.05, 3.63) is 34.3 Å². The van der Waals surface area contributed by atoms with Gasteiger partial charge in [-0.15, -0.1) is 0 Å². The first-order chi connectivity index (χ1) is 12.4. The summed E-state index contributed by atoms with van der Waals surface area (Å²) in [5.74, 6) is -0.880. The molecule has 1 aliphatic rings. The van der Waals surface area contributed by atoms with Crippen molar-refractivity contribution in [2.45, 2.75) is 51.7 Å². The molecule has 0 aromatic heterocycles. The predicted molar refractivity (Wildman–Crippen MR) is 102 cm³/mol. The zero-order chi connectivity index (χ0) is 19.1. The van der Waals surface area contributed by atoms with E-state index in [0.717, 1.165) is 23.7 Å². The van der Waals surface area contributed by atoms with E-state index in [1.54, 1.807) is 24.3 Å². The van der Waals surface area contributed by atoms with Crippen LogP contribution in [0.4, 0.5) is 0 Å². The number of ether oxygens (including phenoxy) is 1. The Morgan fingerprint density at radius 1 is 1.19 bits per heavy atom. The lowest BCUT2D eigenvalue weighted by Gasteiger charge is -2.30. The summed E-state index contributed by atoms with van der Waals surface area (Å²) < 4.78 is 5.98. The van der Waals surface area contributed by atoms with E-state index in [1.165, 1.54) is 13.3 Å². The van der Waals surface area contributed by atoms with Gasteiger partial charge in [-0.3, -0.25) is 14.4 Å². The monoisotopic (exact) mass is 424 g/mol. The quantitative estimate of drug-likeness (QED) is 0.687. The number of carbonyl (C=O) groups excluding carboxylic acids is 3. The van der Waals surface area contributed by atoms with Gasteiger partial charge in [0.15, 0.2) is 6.10 Å². The van der Waals surface area contributed by atoms with Gasteiger partial charge < -0.3 is 15.4 Å². The normalized spacial score (nSPS) is 20.7. The number of amides is 2. The van der Waals surface area contributed by atoms with Crippen LogP contribution in [0.2, 0.25) is 0 Å². The topological polar surface area (TPSA) is 84.5 Å². The fourth-order valence-electron chi connectivity index (χ4n) is 2.98. The van der Waals surface area contributed by atoms with Crippen LogP contribution < -0.4 is 10.6 Å². The van der Waals surface area contributed by atoms with Gasteiger partial charge in [0.25, 0.3) is 11.8 Å². The van der Waals surface area contributed by atoms with Gasteiger partial charge in [0, 0.05) is 16.1 Å². The van der Waals surface area contributed by atoms with Crippen LogP contribution in [-0.4, -0.2) is 36.5 Å². The molecule has 2 rings (SSSR count). The molecule has 0 saturated heterocycles. The molecule has 3 atom stereocenters. The molecule has 1 aromatic carbocycles. The fourth-order valence-corrected chi connectivity index (χ4v) is 3.24. The summed E-state index contributed by atoms with van der Waals surface area (Å²) in [5.41, 5.74) is 0.443. The largest absolute Gasteiger partial charge is 0.451 e. The third-order valence-corrected chi connectivity index (χ3v) is 5.14. The molecule has 2 N–H and O–H groups in total. The van der Waals surface area contributed by atoms with Gasteiger partial charge in [0.1, 0.15) is 6.54 Å². The lowest BCUT2D eigenvalue weighted by atomic mass is 9.86. The molecule has 7 heteroatoms. The van der Waals surface area contributed by atoms with Gasteiger partial charge in [-0.05, 0) is 49.9 Å². The molecule has 0 heterocycles. The van der Waals surface area contributed by atoms with Crippen molar-refractivity contribution >= 4 is 33.7 Å². The molecule has 0 aliphatic heterocycles. The SMILES string of the molecule is C[C@@H](OC(=O)CNC(=O)c1ccc(Br)cc1)C(=O)N[C@@H]1CCCC[C@@H]1C. The van der Waals surface area contributed by atoms with Crippen molar-refractivity contribution in [2.24, 2.45) is 5.92 Å². The minimum Gasteiger partial charge on any atom is -0.451 e. The molecule has 142 valence electrons. The Labute approximate surface area is 162 Å². The van der Waals surface area contributed by atoms with Crippen molar-refractivity contribution < 1.29 is 19.1 Å². The van der Waals surface area contributed by atoms with Crippen molar-refractivity contribution in [2.75, 3.05) is 6.54 Å². The standard InChI is InChI=1S/C19H25BrN2O4/c1-12-5-3-4-6-16(12)22-18(24)13(2)26-17(23)11-21-19(25)14-7-9-15(20)10-8-14/h7-10,12-13,16H,3-6,11H2,1-2H3,(H,21,25)(H,22,24)/t12-,13+,16+/m0/s1. The van der Waals surface area contributed by atoms with Gasteiger partial charge in [0.05, 0.1) is 0 Å². The Hall–Kier alpha value is -1.89. The number of benzene rings is 1. The van der Waals surface area contributed by atoms with Gasteiger partial charge in [0.2, 0.25) is 0 Å². The highest BCUT2D eigenvalue weighted by atomic mass is 79.9. The number of esters is 1. The first-order valence-electron chi connectivity index (χ1n) is 8.90. The second kappa shape index (κ2) is 9.71. The third kappa shape index (κ3) is 6.12. The average Bonchev–Trinajstić information content (AvgIpc) is 2.62. The lowest BCUT2D eigenvalue weighted by Crippen LogP contribution is -2.46. The number of hydrogen-bond donors (Lipinski definition) is 2. The van der Waals surface area contributed by atoms with Gasteiger partial charge in [-0.2, -0.15) is 0 Å². The second-order valence-electron chi connectivity index (χ2n) is 6.70. The maximum Gasteiger partial charge on any atom is 0.326 e. The van der Waals surface area contributed by atoms with E-state index in [2.05, 4.69) is 33.5 Å². The highest BCUT2D eigenvalue weighted by Gasteiger charge is 2.26. The second-order valence-corrected chi connectivity index (χ2v) is 7.61. The molecule has 0 radical (unpaired) electrons. The number of nitrogens with one attached hydrogen (secondary N) is 2. The molecule has 26 heavy (non-hydrogen) atoms. The zero-order valence-corrected chi connectivity index (χ0v) is 16.7. The zero-order valence-electron chi connectivity index (χ0n) is 15.1. The van der Waals surface area contributed by atoms with Crippen LogP contribution in [-0.2, 0) is 14.3 Å². The van der Waals surface area contributed by atoms with Crippen LogP contribution >= 0.6 is 15.9 Å². The summed E-state index contributed by atoms with van der Waals surface area (Å²) in [4.78, 5) is 36.0. The first kappa shape index (κ1) is 20.4. The first-order valence-corrected chi connectivity index (χ1v) is 9.69. The van der Waals surface area contributed by atoms with Crippen LogP contribution in [0.25, 0.3) is 0 Å². The summed E-state index contributed by atoms with van der Waals surface area (Å²) in [5, 5.41) is 5.45. The van der Waals surface area contributed by atoms with Gasteiger partial charge >= 0.3 is 5.97 Å². The predicted octanol–water partition coefficient (Wildman–Crippen LogP) is 2.81. The smallest absolute Gasteiger partial charge is 0.326 e. The summed E-state index contributed by atoms with van der Waals surface area (Å²) in [6.45, 7) is 3.38. The van der Waals surface area contributed by atoms with E-state index in [9.17, 15) is 14.4 Å². The van der Waals surface area contributed by atoms with E-state index in [0.29, 0.717) is 11.5 Å². The van der Waals surface area contributed by atoms with E-state index in [-0.39, 0.29) is 24.4 Å². The Kier molecular flexibility index (Phi) is 7.63. The Morgan fingerprint density at radius 2 is 1.85 bits per heavy atom. The summed E-state index contributed by atoms with van der Waals surface area (Å²) in [7, 11) is 0. The van der Waals surface area contributed by atoms with Gasteiger partial charge in [-0.1, -0.05) is 35.7 Å². The Bertz CT molecular complexity index is 647. The molecule has 2 amide bonds. The van der Waals surface area contributed by atoms with E-state index < -0.39 is 12.1 Å². The van der Waals surface area contributed by atoms with E-state index in [1.807, 2.05) is 0 Å². The van der Waals surface area contributed by atoms with Crippen molar-refractivity contribution in [3.63, 3.8) is 0 Å². The maximum absolute atomic E-state index is 12.2. The summed E-state index contributed by atoms with van der Waals surface area (Å²) in [6.07, 6.45) is 3.46.